The molecule has 7 nitrogen and oxygen atoms in total. The molecule has 1 aliphatic heterocycles. The Morgan fingerprint density at radius 1 is 1.26 bits per heavy atom. The first-order valence-electron chi connectivity index (χ1n) is 10.6. The summed E-state index contributed by atoms with van der Waals surface area (Å²) in [5, 5.41) is 13.8. The summed E-state index contributed by atoms with van der Waals surface area (Å²) >= 11 is 6.12. The normalized spacial score (nSPS) is 18.4. The Bertz CT molecular complexity index is 909. The standard InChI is InChI=1S/C23H29ClN4O3/c1-17(23(29)25-22-11-10-20(28(30)31)15-21(22)24)27-13-6-9-19(12-14-27)26(2)16-18-7-4-3-5-8-18/h3-5,7-8,10-11,15,17,19H,6,9,12-14,16H2,1-2H3,(H,25,29)/t17-,19-/m1/s1. The molecule has 1 N–H and O–H groups in total. The van der Waals surface area contributed by atoms with E-state index >= 15 is 0 Å². The minimum absolute atomic E-state index is 0.103. The number of rotatable bonds is 7. The van der Waals surface area contributed by atoms with Crippen LogP contribution in [0.25, 0.3) is 0 Å². The van der Waals surface area contributed by atoms with Crippen molar-refractivity contribution < 1.29 is 9.72 Å². The first-order valence-corrected chi connectivity index (χ1v) is 11.0. The number of non-ortho nitro benzene ring substituents is 1. The number of nitrogens with one attached hydrogen (secondary N) is 1. The third kappa shape index (κ3) is 6.26. The van der Waals surface area contributed by atoms with Crippen LogP contribution in [-0.2, 0) is 11.3 Å². The molecule has 8 heteroatoms. The summed E-state index contributed by atoms with van der Waals surface area (Å²) in [5.41, 5.74) is 1.59. The molecule has 1 heterocycles. The average molecular weight is 445 g/mol. The topological polar surface area (TPSA) is 78.7 Å². The second kappa shape index (κ2) is 10.7. The van der Waals surface area contributed by atoms with Crippen LogP contribution in [0.1, 0.15) is 31.7 Å². The van der Waals surface area contributed by atoms with Crippen molar-refractivity contribution in [3.63, 3.8) is 0 Å². The molecule has 1 fully saturated rings. The van der Waals surface area contributed by atoms with Gasteiger partial charge in [-0.05, 0) is 51.4 Å². The molecule has 2 aromatic carbocycles. The van der Waals surface area contributed by atoms with Crippen LogP contribution in [0.5, 0.6) is 0 Å². The second-order valence-electron chi connectivity index (χ2n) is 8.11. The summed E-state index contributed by atoms with van der Waals surface area (Å²) in [7, 11) is 2.17. The van der Waals surface area contributed by atoms with E-state index in [9.17, 15) is 14.9 Å². The molecule has 0 aliphatic carbocycles. The van der Waals surface area contributed by atoms with Crippen molar-refractivity contribution in [1.29, 1.82) is 0 Å². The van der Waals surface area contributed by atoms with E-state index in [-0.39, 0.29) is 22.7 Å². The number of hydrogen-bond acceptors (Lipinski definition) is 5. The SMILES string of the molecule is C[C@H](C(=O)Nc1ccc([N+](=O)[O-])cc1Cl)N1CCC[C@@H](N(C)Cc2ccccc2)CC1. The molecule has 2 atom stereocenters. The van der Waals surface area contributed by atoms with Gasteiger partial charge in [0.15, 0.2) is 0 Å². The van der Waals surface area contributed by atoms with E-state index in [2.05, 4.69) is 46.4 Å². The number of carbonyl (C=O) groups is 1. The average Bonchev–Trinajstić information content (AvgIpc) is 3.01. The number of halogens is 1. The van der Waals surface area contributed by atoms with Crippen molar-refractivity contribution >= 4 is 28.9 Å². The maximum absolute atomic E-state index is 12.8. The number of benzene rings is 2. The summed E-state index contributed by atoms with van der Waals surface area (Å²) in [5.74, 6) is -0.160. The molecule has 0 radical (unpaired) electrons. The number of anilines is 1. The second-order valence-corrected chi connectivity index (χ2v) is 8.52. The van der Waals surface area contributed by atoms with Crippen molar-refractivity contribution in [3.8, 4) is 0 Å². The Hall–Kier alpha value is -2.48. The highest BCUT2D eigenvalue weighted by molar-refractivity contribution is 6.34. The van der Waals surface area contributed by atoms with Gasteiger partial charge in [0.2, 0.25) is 5.91 Å². The third-order valence-electron chi connectivity index (χ3n) is 5.98. The summed E-state index contributed by atoms with van der Waals surface area (Å²) in [6, 6.07) is 14.7. The van der Waals surface area contributed by atoms with Crippen LogP contribution in [0, 0.1) is 10.1 Å². The molecule has 2 aromatic rings. The lowest BCUT2D eigenvalue weighted by molar-refractivity contribution is -0.384. The first-order chi connectivity index (χ1) is 14.8. The van der Waals surface area contributed by atoms with Crippen LogP contribution in [0.4, 0.5) is 11.4 Å². The number of likely N-dealkylation sites (tertiary alicyclic amines) is 1. The van der Waals surface area contributed by atoms with E-state index in [1.165, 1.54) is 23.8 Å². The monoisotopic (exact) mass is 444 g/mol. The van der Waals surface area contributed by atoms with Crippen molar-refractivity contribution in [2.45, 2.75) is 44.8 Å². The Morgan fingerprint density at radius 3 is 2.68 bits per heavy atom. The molecule has 1 aliphatic rings. The van der Waals surface area contributed by atoms with Gasteiger partial charge in [-0.1, -0.05) is 41.9 Å². The Balaban J connectivity index is 1.55. The van der Waals surface area contributed by atoms with E-state index in [0.717, 1.165) is 38.9 Å². The lowest BCUT2D eigenvalue weighted by Gasteiger charge is -2.29. The van der Waals surface area contributed by atoms with Gasteiger partial charge in [0.25, 0.3) is 5.69 Å². The highest BCUT2D eigenvalue weighted by atomic mass is 35.5. The van der Waals surface area contributed by atoms with Crippen molar-refractivity contribution in [3.05, 3.63) is 69.2 Å². The predicted octanol–water partition coefficient (Wildman–Crippen LogP) is 4.56. The van der Waals surface area contributed by atoms with Gasteiger partial charge in [0, 0.05) is 31.3 Å². The molecule has 166 valence electrons. The van der Waals surface area contributed by atoms with Gasteiger partial charge in [0.1, 0.15) is 0 Å². The molecule has 1 amide bonds. The number of nitro groups is 1. The van der Waals surface area contributed by atoms with E-state index < -0.39 is 4.92 Å². The van der Waals surface area contributed by atoms with E-state index in [1.807, 2.05) is 13.0 Å². The zero-order chi connectivity index (χ0) is 22.4. The Labute approximate surface area is 188 Å². The molecule has 3 rings (SSSR count). The van der Waals surface area contributed by atoms with Crippen molar-refractivity contribution in [2.75, 3.05) is 25.5 Å². The predicted molar refractivity (Wildman–Crippen MR) is 123 cm³/mol. The van der Waals surface area contributed by atoms with Crippen molar-refractivity contribution in [2.24, 2.45) is 0 Å². The number of nitrogens with zero attached hydrogens (tertiary/aromatic N) is 3. The van der Waals surface area contributed by atoms with Crippen LogP contribution in [0.15, 0.2) is 48.5 Å². The lowest BCUT2D eigenvalue weighted by atomic mass is 10.1. The van der Waals surface area contributed by atoms with Crippen molar-refractivity contribution in [1.82, 2.24) is 9.80 Å². The van der Waals surface area contributed by atoms with Crippen LogP contribution < -0.4 is 5.32 Å². The largest absolute Gasteiger partial charge is 0.323 e. The number of nitro benzene ring substituents is 1. The van der Waals surface area contributed by atoms with E-state index in [1.54, 1.807) is 0 Å². The lowest BCUT2D eigenvalue weighted by Crippen LogP contribution is -2.43. The molecular weight excluding hydrogens is 416 g/mol. The Kier molecular flexibility index (Phi) is 8.01. The summed E-state index contributed by atoms with van der Waals surface area (Å²) in [6.07, 6.45) is 3.13. The molecule has 0 spiro atoms. The molecular formula is C23H29ClN4O3. The van der Waals surface area contributed by atoms with E-state index in [0.29, 0.717) is 11.7 Å². The van der Waals surface area contributed by atoms with Crippen LogP contribution in [-0.4, -0.2) is 52.9 Å². The zero-order valence-electron chi connectivity index (χ0n) is 18.0. The van der Waals surface area contributed by atoms with Crippen LogP contribution >= 0.6 is 11.6 Å². The number of carbonyl (C=O) groups excluding carboxylic acids is 1. The van der Waals surface area contributed by atoms with Gasteiger partial charge in [-0.3, -0.25) is 24.7 Å². The fourth-order valence-corrected chi connectivity index (χ4v) is 4.27. The van der Waals surface area contributed by atoms with Gasteiger partial charge >= 0.3 is 0 Å². The van der Waals surface area contributed by atoms with Crippen LogP contribution in [0.2, 0.25) is 5.02 Å². The van der Waals surface area contributed by atoms with Gasteiger partial charge in [0.05, 0.1) is 21.7 Å². The van der Waals surface area contributed by atoms with Gasteiger partial charge in [-0.15, -0.1) is 0 Å². The molecule has 0 bridgehead atoms. The molecule has 0 saturated carbocycles. The first kappa shape index (κ1) is 23.2. The molecule has 1 saturated heterocycles. The highest BCUT2D eigenvalue weighted by Crippen LogP contribution is 2.27. The summed E-state index contributed by atoms with van der Waals surface area (Å²) < 4.78 is 0. The molecule has 0 unspecified atom stereocenters. The summed E-state index contributed by atoms with van der Waals surface area (Å²) in [4.78, 5) is 27.7. The minimum Gasteiger partial charge on any atom is -0.323 e. The fraction of sp³-hybridized carbons (Fsp3) is 0.435. The maximum Gasteiger partial charge on any atom is 0.271 e. The summed E-state index contributed by atoms with van der Waals surface area (Å²) in [6.45, 7) is 4.51. The highest BCUT2D eigenvalue weighted by Gasteiger charge is 2.27. The number of amides is 1. The fourth-order valence-electron chi connectivity index (χ4n) is 4.05. The van der Waals surface area contributed by atoms with Gasteiger partial charge in [-0.2, -0.15) is 0 Å². The number of hydrogen-bond donors (Lipinski definition) is 1. The Morgan fingerprint density at radius 2 is 2.00 bits per heavy atom. The zero-order valence-corrected chi connectivity index (χ0v) is 18.7. The maximum atomic E-state index is 12.8. The van der Waals surface area contributed by atoms with E-state index in [4.69, 9.17) is 11.6 Å². The minimum atomic E-state index is -0.511. The smallest absolute Gasteiger partial charge is 0.271 e. The van der Waals surface area contributed by atoms with Crippen LogP contribution in [0.3, 0.4) is 0 Å². The molecule has 31 heavy (non-hydrogen) atoms. The third-order valence-corrected chi connectivity index (χ3v) is 6.29. The van der Waals surface area contributed by atoms with Gasteiger partial charge in [-0.25, -0.2) is 0 Å². The van der Waals surface area contributed by atoms with Gasteiger partial charge < -0.3 is 5.32 Å². The molecule has 0 aromatic heterocycles. The quantitative estimate of drug-likeness (QED) is 0.500.